The summed E-state index contributed by atoms with van der Waals surface area (Å²) in [6.07, 6.45) is 16.0. The van der Waals surface area contributed by atoms with Crippen molar-refractivity contribution < 1.29 is 17.1 Å². The third kappa shape index (κ3) is 7.53. The smallest absolute Gasteiger partial charge is 0.147 e. The van der Waals surface area contributed by atoms with Crippen LogP contribution in [0.1, 0.15) is 65.2 Å². The molecule has 0 saturated heterocycles. The molecule has 0 fully saturated rings. The van der Waals surface area contributed by atoms with Gasteiger partial charge in [0.1, 0.15) is 0 Å². The molecule has 0 aromatic heterocycles. The Morgan fingerprint density at radius 1 is 0.719 bits per heavy atom. The van der Waals surface area contributed by atoms with E-state index in [9.17, 15) is 0 Å². The van der Waals surface area contributed by atoms with E-state index in [-0.39, 0.29) is 24.8 Å². The first kappa shape index (κ1) is 33.1. The van der Waals surface area contributed by atoms with Crippen molar-refractivity contribution >= 4 is 47.9 Å². The van der Waals surface area contributed by atoms with Crippen LogP contribution in [0.2, 0.25) is 48.6 Å². The molecule has 0 heterocycles. The van der Waals surface area contributed by atoms with E-state index < -0.39 is 33.3 Å². The van der Waals surface area contributed by atoms with Crippen molar-refractivity contribution in [1.82, 2.24) is 0 Å². The van der Waals surface area contributed by atoms with Gasteiger partial charge in [0.15, 0.2) is 0 Å². The predicted octanol–water partition coefficient (Wildman–Crippen LogP) is 9.47. The van der Waals surface area contributed by atoms with Crippen molar-refractivity contribution in [2.24, 2.45) is 0 Å². The fourth-order valence-electron chi connectivity index (χ4n) is 5.23. The van der Waals surface area contributed by atoms with Gasteiger partial charge in [-0.2, -0.15) is 0 Å². The molecule has 32 heavy (non-hydrogen) atoms. The molecule has 0 unspecified atom stereocenters. The molecular formula is C26H52Cl2HfSi3. The molecule has 0 spiro atoms. The van der Waals surface area contributed by atoms with Crippen LogP contribution in [0.25, 0.3) is 0 Å². The maximum Gasteiger partial charge on any atom is -0.147 e. The summed E-state index contributed by atoms with van der Waals surface area (Å²) >= 11 is -3.32. The molecule has 2 aliphatic carbocycles. The number of allylic oxidation sites excluding steroid dienone is 8. The largest absolute Gasteiger partial charge is 0.147 e. The quantitative estimate of drug-likeness (QED) is 0.200. The second kappa shape index (κ2) is 11.9. The molecule has 0 aliphatic heterocycles. The predicted molar refractivity (Wildman–Crippen MR) is 160 cm³/mol. The first-order chi connectivity index (χ1) is 13.6. The summed E-state index contributed by atoms with van der Waals surface area (Å²) < 4.78 is 9.57. The minimum absolute atomic E-state index is 0. The minimum atomic E-state index is -3.32. The standard InChI is InChI=1S/2C12H21Si.2CH3.2ClH.Hf.H2Si/c2*1-5-6-7-11-8-9-12(10-11)13(2,3)4;;;;;;/h2*10H,5-7,9H2,1-4H3;2*1H3;2*1H;;1H2. The molecular weight excluding hydrogens is 646 g/mol. The molecule has 0 bridgehead atoms. The Balaban J connectivity index is 0.00000480. The first-order valence-electron chi connectivity index (χ1n) is 12.5. The zero-order valence-corrected chi connectivity index (χ0v) is 31.5. The van der Waals surface area contributed by atoms with Gasteiger partial charge in [-0.3, -0.25) is 0 Å². The van der Waals surface area contributed by atoms with E-state index in [0.717, 1.165) is 0 Å². The van der Waals surface area contributed by atoms with Crippen molar-refractivity contribution in [3.63, 3.8) is 0 Å². The van der Waals surface area contributed by atoms with Crippen LogP contribution in [-0.4, -0.2) is 23.1 Å². The first-order valence-corrected chi connectivity index (χ1v) is 38.7. The van der Waals surface area contributed by atoms with Gasteiger partial charge in [0.05, 0.1) is 0 Å². The molecule has 0 atom stereocenters. The molecule has 0 N–H and O–H groups in total. The summed E-state index contributed by atoms with van der Waals surface area (Å²) in [6, 6.07) is 0. The van der Waals surface area contributed by atoms with Crippen molar-refractivity contribution in [2.45, 2.75) is 114 Å². The minimum Gasteiger partial charge on any atom is -0.147 e. The van der Waals surface area contributed by atoms with Gasteiger partial charge in [-0.05, 0) is 0 Å². The van der Waals surface area contributed by atoms with Crippen LogP contribution in [0.5, 0.6) is 0 Å². The maximum atomic E-state index is 2.81. The zero-order valence-electron chi connectivity index (χ0n) is 22.8. The molecule has 6 heteroatoms. The van der Waals surface area contributed by atoms with Crippen LogP contribution in [0.3, 0.4) is 0 Å². The van der Waals surface area contributed by atoms with Crippen LogP contribution in [0, 0.1) is 0 Å². The number of halogens is 2. The average Bonchev–Trinajstić information content (AvgIpc) is 3.22. The maximum absolute atomic E-state index is 3.32. The second-order valence-corrected chi connectivity index (χ2v) is 64.4. The Kier molecular flexibility index (Phi) is 12.3. The molecule has 0 nitrogen and oxygen atoms in total. The molecule has 0 amide bonds. The summed E-state index contributed by atoms with van der Waals surface area (Å²) in [5.41, 5.74) is 3.57. The van der Waals surface area contributed by atoms with Gasteiger partial charge in [-0.25, -0.2) is 0 Å². The van der Waals surface area contributed by atoms with Crippen LogP contribution < -0.4 is 0 Å². The number of hydrogen-bond acceptors (Lipinski definition) is 0. The number of rotatable bonds is 10. The molecule has 2 aliphatic rings. The van der Waals surface area contributed by atoms with Crippen molar-refractivity contribution in [3.05, 3.63) is 40.4 Å². The van der Waals surface area contributed by atoms with Crippen LogP contribution in [0.4, 0.5) is 0 Å². The summed E-state index contributed by atoms with van der Waals surface area (Å²) in [4.78, 5) is 0. The molecule has 0 saturated carbocycles. The van der Waals surface area contributed by atoms with E-state index in [1.54, 1.807) is 11.1 Å². The van der Waals surface area contributed by atoms with Crippen LogP contribution >= 0.6 is 24.8 Å². The van der Waals surface area contributed by atoms with Gasteiger partial charge >= 0.3 is 194 Å². The van der Waals surface area contributed by atoms with E-state index in [1.807, 2.05) is 17.1 Å². The summed E-state index contributed by atoms with van der Waals surface area (Å²) in [5, 5.41) is 3.66. The molecule has 0 aromatic rings. The van der Waals surface area contributed by atoms with Crippen LogP contribution in [-0.2, 0) is 17.1 Å². The van der Waals surface area contributed by atoms with E-state index in [1.165, 1.54) is 51.4 Å². The van der Waals surface area contributed by atoms with Gasteiger partial charge in [0.25, 0.3) is 0 Å². The number of unbranched alkanes of at least 4 members (excludes halogenated alkanes) is 2. The molecule has 0 radical (unpaired) electrons. The van der Waals surface area contributed by atoms with E-state index in [2.05, 4.69) is 81.6 Å². The monoisotopic (exact) mass is 698 g/mol. The van der Waals surface area contributed by atoms with Gasteiger partial charge in [-0.1, -0.05) is 0 Å². The third-order valence-electron chi connectivity index (χ3n) is 7.67. The van der Waals surface area contributed by atoms with E-state index in [0.29, 0.717) is 0 Å². The Labute approximate surface area is 217 Å². The van der Waals surface area contributed by atoms with Gasteiger partial charge in [0, 0.05) is 0 Å². The average molecular weight is 698 g/mol. The molecule has 186 valence electrons. The Morgan fingerprint density at radius 2 is 1.03 bits per heavy atom. The van der Waals surface area contributed by atoms with E-state index in [4.69, 9.17) is 0 Å². The summed E-state index contributed by atoms with van der Waals surface area (Å²) in [5.74, 6) is 0. The molecule has 2 rings (SSSR count). The second-order valence-electron chi connectivity index (χ2n) is 13.1. The van der Waals surface area contributed by atoms with Gasteiger partial charge in [-0.15, -0.1) is 24.8 Å². The van der Waals surface area contributed by atoms with Crippen LogP contribution in [0.15, 0.2) is 40.4 Å². The van der Waals surface area contributed by atoms with Gasteiger partial charge < -0.3 is 0 Å². The SMILES string of the molecule is CCCCC1=[C]([Hf]([CH3])([CH3])(=[SiH2])[C]2=C(CCCC)C=C([Si](C)(C)C)C2)CC([Si](C)(C)C)=C1.Cl.Cl. The zero-order chi connectivity index (χ0) is 23.0. The third-order valence-corrected chi connectivity index (χ3v) is 36.6. The Morgan fingerprint density at radius 3 is 1.28 bits per heavy atom. The van der Waals surface area contributed by atoms with Crippen molar-refractivity contribution in [2.75, 3.05) is 0 Å². The summed E-state index contributed by atoms with van der Waals surface area (Å²) in [7, 11) is -2.49. The fraction of sp³-hybridized carbons (Fsp3) is 0.692. The van der Waals surface area contributed by atoms with Gasteiger partial charge in [0.2, 0.25) is 0 Å². The Hall–Kier alpha value is 1.06. The number of hydrogen-bond donors (Lipinski definition) is 0. The normalized spacial score (nSPS) is 17.8. The molecule has 0 aromatic carbocycles. The summed E-state index contributed by atoms with van der Waals surface area (Å²) in [6.45, 7) is 22.6. The van der Waals surface area contributed by atoms with E-state index >= 15 is 0 Å². The van der Waals surface area contributed by atoms with Crippen molar-refractivity contribution in [1.29, 1.82) is 0 Å². The Bertz CT molecular complexity index is 806. The topological polar surface area (TPSA) is 0 Å². The fourth-order valence-corrected chi connectivity index (χ4v) is 30.5. The van der Waals surface area contributed by atoms with Crippen molar-refractivity contribution in [3.8, 4) is 0 Å².